The summed E-state index contributed by atoms with van der Waals surface area (Å²) >= 11 is 0. The van der Waals surface area contributed by atoms with E-state index in [1.165, 1.54) is 0 Å². The molecule has 94 valence electrons. The number of carbonyl (C=O) groups is 2. The average molecular weight is 242 g/mol. The minimum Gasteiger partial charge on any atom is -0.285 e. The molecule has 0 aromatic heterocycles. The van der Waals surface area contributed by atoms with Gasteiger partial charge in [-0.1, -0.05) is 38.1 Å². The molecule has 2 rings (SSSR count). The summed E-state index contributed by atoms with van der Waals surface area (Å²) in [7, 11) is 0. The lowest BCUT2D eigenvalue weighted by Gasteiger charge is -2.19. The monoisotopic (exact) mass is 242 g/mol. The van der Waals surface area contributed by atoms with E-state index in [4.69, 9.17) is 0 Å². The average Bonchev–Trinajstić information content (AvgIpc) is 2.36. The third kappa shape index (κ3) is 2.15. The van der Waals surface area contributed by atoms with Crippen LogP contribution in [0.4, 0.5) is 0 Å². The molecule has 0 bridgehead atoms. The lowest BCUT2D eigenvalue weighted by atomic mass is 9.82. The summed E-state index contributed by atoms with van der Waals surface area (Å²) in [6.45, 7) is 6.19. The Hall–Kier alpha value is -1.70. The van der Waals surface area contributed by atoms with E-state index >= 15 is 0 Å². The maximum Gasteiger partial charge on any atom is 0.233 e. The molecule has 18 heavy (non-hydrogen) atoms. The number of benzene rings is 1. The summed E-state index contributed by atoms with van der Waals surface area (Å²) in [5, 5.41) is 0. The fraction of sp³-hybridized carbons (Fsp3) is 0.375. The molecule has 0 radical (unpaired) electrons. The predicted octanol–water partition coefficient (Wildman–Crippen LogP) is 3.66. The molecule has 0 N–H and O–H groups in total. The van der Waals surface area contributed by atoms with Crippen LogP contribution in [-0.4, -0.2) is 11.6 Å². The summed E-state index contributed by atoms with van der Waals surface area (Å²) in [6.07, 6.45) is 1.64. The van der Waals surface area contributed by atoms with Gasteiger partial charge in [-0.05, 0) is 36.8 Å². The minimum absolute atomic E-state index is 0.313. The zero-order valence-corrected chi connectivity index (χ0v) is 11.1. The van der Waals surface area contributed by atoms with Gasteiger partial charge in [-0.25, -0.2) is 0 Å². The first-order chi connectivity index (χ1) is 8.52. The van der Waals surface area contributed by atoms with Crippen LogP contribution in [0.2, 0.25) is 0 Å². The summed E-state index contributed by atoms with van der Waals surface area (Å²) < 4.78 is 0. The Morgan fingerprint density at radius 2 is 1.61 bits per heavy atom. The van der Waals surface area contributed by atoms with Crippen molar-refractivity contribution in [3.8, 4) is 0 Å². The summed E-state index contributed by atoms with van der Waals surface area (Å²) in [6, 6.07) is 7.37. The van der Waals surface area contributed by atoms with Crippen molar-refractivity contribution in [2.24, 2.45) is 5.92 Å². The van der Waals surface area contributed by atoms with Crippen molar-refractivity contribution >= 4 is 17.1 Å². The van der Waals surface area contributed by atoms with Crippen LogP contribution in [0.5, 0.6) is 0 Å². The zero-order valence-electron chi connectivity index (χ0n) is 11.1. The first kappa shape index (κ1) is 12.7. The fourth-order valence-corrected chi connectivity index (χ4v) is 2.33. The number of fused-ring (bicyclic) bond motifs is 1. The molecule has 1 aliphatic carbocycles. The maximum atomic E-state index is 12.1. The molecule has 0 atom stereocenters. The second-order valence-corrected chi connectivity index (χ2v) is 5.24. The molecule has 2 nitrogen and oxygen atoms in total. The fourth-order valence-electron chi connectivity index (χ4n) is 2.33. The first-order valence-corrected chi connectivity index (χ1v) is 6.40. The van der Waals surface area contributed by atoms with Crippen molar-refractivity contribution in [3.05, 3.63) is 41.0 Å². The number of rotatable bonds is 3. The van der Waals surface area contributed by atoms with E-state index in [1.807, 2.05) is 19.1 Å². The van der Waals surface area contributed by atoms with Crippen molar-refractivity contribution in [2.45, 2.75) is 33.6 Å². The number of Topliss-reactive ketones (excluding diaryl/α,β-unsaturated/α-hetero) is 2. The van der Waals surface area contributed by atoms with Gasteiger partial charge in [0.1, 0.15) is 0 Å². The van der Waals surface area contributed by atoms with E-state index in [1.54, 1.807) is 12.1 Å². The van der Waals surface area contributed by atoms with Gasteiger partial charge in [0.25, 0.3) is 0 Å². The zero-order chi connectivity index (χ0) is 13.3. The summed E-state index contributed by atoms with van der Waals surface area (Å²) in [4.78, 5) is 24.1. The third-order valence-electron chi connectivity index (χ3n) is 3.48. The highest BCUT2D eigenvalue weighted by atomic mass is 16.2. The van der Waals surface area contributed by atoms with Gasteiger partial charge in [0, 0.05) is 11.1 Å². The van der Waals surface area contributed by atoms with Crippen molar-refractivity contribution in [2.75, 3.05) is 0 Å². The number of ketones is 2. The van der Waals surface area contributed by atoms with Gasteiger partial charge in [-0.3, -0.25) is 9.59 Å². The molecule has 1 aromatic carbocycles. The SMILES string of the molecule is CC1=C(CCC(C)C)C(=O)C(=O)c2ccccc21. The topological polar surface area (TPSA) is 34.1 Å². The van der Waals surface area contributed by atoms with E-state index in [0.29, 0.717) is 23.5 Å². The highest BCUT2D eigenvalue weighted by molar-refractivity contribution is 6.52. The molecule has 2 heteroatoms. The van der Waals surface area contributed by atoms with Crippen LogP contribution in [-0.2, 0) is 4.79 Å². The molecule has 0 amide bonds. The molecule has 0 saturated carbocycles. The Bertz CT molecular complexity index is 536. The van der Waals surface area contributed by atoms with Crippen LogP contribution in [0.25, 0.3) is 5.57 Å². The Kier molecular flexibility index (Phi) is 3.46. The Labute approximate surface area is 108 Å². The number of hydrogen-bond acceptors (Lipinski definition) is 2. The maximum absolute atomic E-state index is 12.1. The molecule has 1 aromatic rings. The Morgan fingerprint density at radius 3 is 2.22 bits per heavy atom. The van der Waals surface area contributed by atoms with Gasteiger partial charge in [0.2, 0.25) is 11.6 Å². The first-order valence-electron chi connectivity index (χ1n) is 6.40. The lowest BCUT2D eigenvalue weighted by Crippen LogP contribution is -2.23. The minimum atomic E-state index is -0.352. The van der Waals surface area contributed by atoms with Crippen LogP contribution in [0.3, 0.4) is 0 Å². The van der Waals surface area contributed by atoms with Crippen molar-refractivity contribution in [1.82, 2.24) is 0 Å². The third-order valence-corrected chi connectivity index (χ3v) is 3.48. The van der Waals surface area contributed by atoms with Crippen LogP contribution in [0.1, 0.15) is 49.5 Å². The molecule has 0 saturated heterocycles. The standard InChI is InChI=1S/C16H18O2/c1-10(2)8-9-13-11(3)12-6-4-5-7-14(12)16(18)15(13)17/h4-7,10H,8-9H2,1-3H3. The smallest absolute Gasteiger partial charge is 0.233 e. The summed E-state index contributed by atoms with van der Waals surface area (Å²) in [5.41, 5.74) is 3.14. The van der Waals surface area contributed by atoms with Gasteiger partial charge < -0.3 is 0 Å². The van der Waals surface area contributed by atoms with Crippen LogP contribution < -0.4 is 0 Å². The van der Waals surface area contributed by atoms with Crippen LogP contribution >= 0.6 is 0 Å². The number of allylic oxidation sites excluding steroid dienone is 2. The van der Waals surface area contributed by atoms with E-state index < -0.39 is 0 Å². The summed E-state index contributed by atoms with van der Waals surface area (Å²) in [5.74, 6) is -0.132. The second-order valence-electron chi connectivity index (χ2n) is 5.24. The molecule has 0 unspecified atom stereocenters. The van der Waals surface area contributed by atoms with E-state index in [0.717, 1.165) is 17.6 Å². The Balaban J connectivity index is 2.45. The van der Waals surface area contributed by atoms with E-state index in [2.05, 4.69) is 13.8 Å². The van der Waals surface area contributed by atoms with Crippen molar-refractivity contribution in [1.29, 1.82) is 0 Å². The highest BCUT2D eigenvalue weighted by Gasteiger charge is 2.29. The van der Waals surface area contributed by atoms with E-state index in [9.17, 15) is 9.59 Å². The number of hydrogen-bond donors (Lipinski definition) is 0. The van der Waals surface area contributed by atoms with Gasteiger partial charge in [-0.15, -0.1) is 0 Å². The normalized spacial score (nSPS) is 15.3. The van der Waals surface area contributed by atoms with E-state index in [-0.39, 0.29) is 11.6 Å². The molecular formula is C16H18O2. The lowest BCUT2D eigenvalue weighted by molar-refractivity contribution is -0.112. The highest BCUT2D eigenvalue weighted by Crippen LogP contribution is 2.31. The number of carbonyl (C=O) groups excluding carboxylic acids is 2. The largest absolute Gasteiger partial charge is 0.285 e. The van der Waals surface area contributed by atoms with Crippen LogP contribution in [0, 0.1) is 5.92 Å². The quantitative estimate of drug-likeness (QED) is 0.758. The molecule has 0 heterocycles. The molecule has 0 aliphatic heterocycles. The van der Waals surface area contributed by atoms with Gasteiger partial charge >= 0.3 is 0 Å². The van der Waals surface area contributed by atoms with Gasteiger partial charge in [-0.2, -0.15) is 0 Å². The molecule has 1 aliphatic rings. The van der Waals surface area contributed by atoms with Crippen LogP contribution in [0.15, 0.2) is 29.8 Å². The molecular weight excluding hydrogens is 224 g/mol. The molecule has 0 spiro atoms. The predicted molar refractivity (Wildman–Crippen MR) is 72.4 cm³/mol. The van der Waals surface area contributed by atoms with Crippen molar-refractivity contribution in [3.63, 3.8) is 0 Å². The van der Waals surface area contributed by atoms with Crippen molar-refractivity contribution < 1.29 is 9.59 Å². The second kappa shape index (κ2) is 4.89. The van der Waals surface area contributed by atoms with Gasteiger partial charge in [0.15, 0.2) is 0 Å². The molecule has 0 fully saturated rings. The van der Waals surface area contributed by atoms with Gasteiger partial charge in [0.05, 0.1) is 0 Å². The Morgan fingerprint density at radius 1 is 1.00 bits per heavy atom.